The van der Waals surface area contributed by atoms with Crippen LogP contribution in [0, 0.1) is 0 Å². The van der Waals surface area contributed by atoms with Gasteiger partial charge in [-0.15, -0.1) is 11.3 Å². The highest BCUT2D eigenvalue weighted by atomic mass is 32.1. The molecule has 130 valence electrons. The molecular weight excluding hydrogens is 322 g/mol. The average Bonchev–Trinajstić information content (AvgIpc) is 3.18. The number of hydrogen-bond acceptors (Lipinski definition) is 5. The molecular formula is C18H25N3O2S. The molecule has 0 amide bonds. The Morgan fingerprint density at radius 3 is 3.08 bits per heavy atom. The van der Waals surface area contributed by atoms with Gasteiger partial charge in [0, 0.05) is 49.6 Å². The summed E-state index contributed by atoms with van der Waals surface area (Å²) in [6.07, 6.45) is 3.15. The Balaban J connectivity index is 1.27. The summed E-state index contributed by atoms with van der Waals surface area (Å²) >= 11 is 1.69. The van der Waals surface area contributed by atoms with Gasteiger partial charge in [-0.3, -0.25) is 4.90 Å². The van der Waals surface area contributed by atoms with Gasteiger partial charge in [0.15, 0.2) is 0 Å². The number of ether oxygens (including phenoxy) is 1. The Morgan fingerprint density at radius 1 is 1.46 bits per heavy atom. The zero-order chi connectivity index (χ0) is 16.5. The van der Waals surface area contributed by atoms with Crippen molar-refractivity contribution in [2.45, 2.75) is 44.4 Å². The number of aliphatic hydroxyl groups excluding tert-OH is 1. The van der Waals surface area contributed by atoms with Crippen LogP contribution in [0.25, 0.3) is 0 Å². The first-order valence-electron chi connectivity index (χ1n) is 8.75. The van der Waals surface area contributed by atoms with E-state index in [9.17, 15) is 5.11 Å². The first-order chi connectivity index (χ1) is 11.7. The molecule has 0 unspecified atom stereocenters. The van der Waals surface area contributed by atoms with Crippen LogP contribution in [0.5, 0.6) is 0 Å². The fourth-order valence-electron chi connectivity index (χ4n) is 3.51. The third-order valence-corrected chi connectivity index (χ3v) is 5.77. The van der Waals surface area contributed by atoms with E-state index in [-0.39, 0.29) is 0 Å². The summed E-state index contributed by atoms with van der Waals surface area (Å²) in [4.78, 5) is 8.37. The molecule has 1 fully saturated rings. The summed E-state index contributed by atoms with van der Waals surface area (Å²) in [6, 6.07) is 4.08. The molecule has 0 radical (unpaired) electrons. The van der Waals surface area contributed by atoms with Crippen molar-refractivity contribution in [3.05, 3.63) is 39.6 Å². The highest BCUT2D eigenvalue weighted by Gasteiger charge is 2.32. The summed E-state index contributed by atoms with van der Waals surface area (Å²) < 4.78 is 7.94. The number of hydrogen-bond donors (Lipinski definition) is 1. The average molecular weight is 347 g/mol. The maximum absolute atomic E-state index is 10.2. The van der Waals surface area contributed by atoms with E-state index in [0.29, 0.717) is 25.7 Å². The molecule has 2 aliphatic rings. The Bertz CT molecular complexity index is 679. The zero-order valence-corrected chi connectivity index (χ0v) is 15.0. The Kier molecular flexibility index (Phi) is 4.72. The molecule has 24 heavy (non-hydrogen) atoms. The normalized spacial score (nSPS) is 19.4. The van der Waals surface area contributed by atoms with Crippen LogP contribution in [0.3, 0.4) is 0 Å². The second-order valence-electron chi connectivity index (χ2n) is 6.93. The molecule has 1 saturated carbocycles. The van der Waals surface area contributed by atoms with E-state index in [0.717, 1.165) is 19.5 Å². The first kappa shape index (κ1) is 16.3. The molecule has 0 saturated heterocycles. The van der Waals surface area contributed by atoms with E-state index in [1.54, 1.807) is 11.3 Å². The van der Waals surface area contributed by atoms with Crippen molar-refractivity contribution in [1.29, 1.82) is 0 Å². The third-order valence-electron chi connectivity index (χ3n) is 4.92. The van der Waals surface area contributed by atoms with Gasteiger partial charge in [-0.05, 0) is 24.3 Å². The molecule has 4 rings (SSSR count). The van der Waals surface area contributed by atoms with Gasteiger partial charge in [-0.2, -0.15) is 0 Å². The van der Waals surface area contributed by atoms with Gasteiger partial charge >= 0.3 is 0 Å². The van der Waals surface area contributed by atoms with Gasteiger partial charge < -0.3 is 14.4 Å². The highest BCUT2D eigenvalue weighted by Crippen LogP contribution is 2.40. The smallest absolute Gasteiger partial charge is 0.112 e. The lowest BCUT2D eigenvalue weighted by atomic mass is 10.1. The predicted molar refractivity (Wildman–Crippen MR) is 94.1 cm³/mol. The molecule has 1 aliphatic carbocycles. The maximum atomic E-state index is 10.2. The predicted octanol–water partition coefficient (Wildman–Crippen LogP) is 2.29. The summed E-state index contributed by atoms with van der Waals surface area (Å²) in [5.74, 6) is 1.95. The van der Waals surface area contributed by atoms with Crippen molar-refractivity contribution in [2.24, 2.45) is 7.05 Å². The molecule has 0 spiro atoms. The van der Waals surface area contributed by atoms with E-state index >= 15 is 0 Å². The van der Waals surface area contributed by atoms with Gasteiger partial charge in [0.25, 0.3) is 0 Å². The van der Waals surface area contributed by atoms with Gasteiger partial charge in [-0.25, -0.2) is 4.98 Å². The van der Waals surface area contributed by atoms with Crippen LogP contribution in [-0.4, -0.2) is 45.4 Å². The molecule has 1 atom stereocenters. The number of rotatable bonds is 7. The maximum Gasteiger partial charge on any atom is 0.112 e. The molecule has 5 nitrogen and oxygen atoms in total. The lowest BCUT2D eigenvalue weighted by Gasteiger charge is -2.28. The van der Waals surface area contributed by atoms with Crippen molar-refractivity contribution in [2.75, 3.05) is 19.7 Å². The second kappa shape index (κ2) is 6.96. The quantitative estimate of drug-likeness (QED) is 0.835. The van der Waals surface area contributed by atoms with E-state index < -0.39 is 6.10 Å². The largest absolute Gasteiger partial charge is 0.389 e. The molecule has 1 N–H and O–H groups in total. The Hall–Kier alpha value is -1.21. The molecule has 0 bridgehead atoms. The van der Waals surface area contributed by atoms with Crippen molar-refractivity contribution in [1.82, 2.24) is 14.5 Å². The third kappa shape index (κ3) is 3.57. The van der Waals surface area contributed by atoms with Gasteiger partial charge in [0.1, 0.15) is 5.82 Å². The van der Waals surface area contributed by atoms with Crippen molar-refractivity contribution in [3.63, 3.8) is 0 Å². The number of β-amino-alcohol motifs (C(OH)–C–C–N with tert-alkyl or cyclic N) is 1. The van der Waals surface area contributed by atoms with Gasteiger partial charge in [-0.1, -0.05) is 6.07 Å². The van der Waals surface area contributed by atoms with E-state index in [4.69, 9.17) is 9.72 Å². The molecule has 0 aromatic carbocycles. The van der Waals surface area contributed by atoms with Crippen molar-refractivity contribution >= 4 is 11.3 Å². The summed E-state index contributed by atoms with van der Waals surface area (Å²) in [6.45, 7) is 3.45. The van der Waals surface area contributed by atoms with E-state index in [1.807, 2.05) is 11.4 Å². The van der Waals surface area contributed by atoms with Crippen LogP contribution >= 0.6 is 11.3 Å². The summed E-state index contributed by atoms with van der Waals surface area (Å²) in [7, 11) is 2.16. The van der Waals surface area contributed by atoms with Crippen LogP contribution < -0.4 is 0 Å². The molecule has 2 aromatic heterocycles. The fraction of sp³-hybridized carbons (Fsp3) is 0.611. The standard InChI is InChI=1S/C18H25N3O2S/c1-20-17-6-7-21(10-16(17)19-18(20)13-4-5-13)9-14(22)11-23-12-15-3-2-8-24-15/h2-3,8,13-14,22H,4-7,9-12H2,1H3/t14-/m0/s1. The lowest BCUT2D eigenvalue weighted by molar-refractivity contribution is 0.00820. The lowest BCUT2D eigenvalue weighted by Crippen LogP contribution is -2.38. The molecule has 1 aliphatic heterocycles. The van der Waals surface area contributed by atoms with E-state index in [2.05, 4.69) is 22.6 Å². The minimum atomic E-state index is -0.446. The van der Waals surface area contributed by atoms with Crippen LogP contribution in [0.1, 0.15) is 40.8 Å². The topological polar surface area (TPSA) is 50.5 Å². The van der Waals surface area contributed by atoms with Crippen LogP contribution in [0.2, 0.25) is 0 Å². The van der Waals surface area contributed by atoms with Crippen LogP contribution in [0.15, 0.2) is 17.5 Å². The number of fused-ring (bicyclic) bond motifs is 1. The van der Waals surface area contributed by atoms with Gasteiger partial charge in [0.05, 0.1) is 25.0 Å². The Labute approximate surface area is 146 Å². The molecule has 6 heteroatoms. The summed E-state index contributed by atoms with van der Waals surface area (Å²) in [5.41, 5.74) is 2.59. The monoisotopic (exact) mass is 347 g/mol. The fourth-order valence-corrected chi connectivity index (χ4v) is 4.15. The SMILES string of the molecule is Cn1c(C2CC2)nc2c1CCN(C[C@H](O)COCc1cccs1)C2. The van der Waals surface area contributed by atoms with Crippen molar-refractivity contribution in [3.8, 4) is 0 Å². The number of imidazole rings is 1. The van der Waals surface area contributed by atoms with Gasteiger partial charge in [0.2, 0.25) is 0 Å². The van der Waals surface area contributed by atoms with E-state index in [1.165, 1.54) is 34.9 Å². The van der Waals surface area contributed by atoms with Crippen LogP contribution in [0.4, 0.5) is 0 Å². The first-order valence-corrected chi connectivity index (χ1v) is 9.63. The van der Waals surface area contributed by atoms with Crippen LogP contribution in [-0.2, 0) is 31.4 Å². The molecule has 3 heterocycles. The zero-order valence-electron chi connectivity index (χ0n) is 14.1. The number of aliphatic hydroxyl groups is 1. The second-order valence-corrected chi connectivity index (χ2v) is 7.96. The molecule has 2 aromatic rings. The highest BCUT2D eigenvalue weighted by molar-refractivity contribution is 7.09. The number of aromatic nitrogens is 2. The number of nitrogens with zero attached hydrogens (tertiary/aromatic N) is 3. The number of thiophene rings is 1. The minimum absolute atomic E-state index is 0.386. The Morgan fingerprint density at radius 2 is 2.33 bits per heavy atom. The van der Waals surface area contributed by atoms with Crippen molar-refractivity contribution < 1.29 is 9.84 Å². The summed E-state index contributed by atoms with van der Waals surface area (Å²) in [5, 5.41) is 12.3. The minimum Gasteiger partial charge on any atom is -0.389 e.